The quantitative estimate of drug-likeness (QED) is 0.401. The molecule has 1 unspecified atom stereocenters. The first-order valence-electron chi connectivity index (χ1n) is 12.2. The zero-order valence-corrected chi connectivity index (χ0v) is 21.2. The SMILES string of the molecule is Cc1ccc(OCCN2C(=O)C(C)Oc3cc(NC(=O)/C=C/c4ccc(C(C)C)cc4)ccc32)cc1. The molecule has 1 N–H and O–H groups in total. The zero-order chi connectivity index (χ0) is 25.7. The van der Waals surface area contributed by atoms with Crippen molar-refractivity contribution in [2.45, 2.75) is 39.7 Å². The van der Waals surface area contributed by atoms with E-state index in [0.29, 0.717) is 36.2 Å². The first kappa shape index (κ1) is 25.0. The number of carbonyl (C=O) groups is 2. The lowest BCUT2D eigenvalue weighted by atomic mass is 10.0. The van der Waals surface area contributed by atoms with E-state index in [2.05, 4.69) is 31.3 Å². The number of benzene rings is 3. The highest BCUT2D eigenvalue weighted by Gasteiger charge is 2.31. The molecule has 6 heteroatoms. The minimum absolute atomic E-state index is 0.127. The molecule has 0 saturated carbocycles. The van der Waals surface area contributed by atoms with Crippen LogP contribution < -0.4 is 19.7 Å². The van der Waals surface area contributed by atoms with Gasteiger partial charge in [0.05, 0.1) is 12.2 Å². The van der Waals surface area contributed by atoms with Crippen molar-refractivity contribution in [1.29, 1.82) is 0 Å². The fourth-order valence-electron chi connectivity index (χ4n) is 3.96. The van der Waals surface area contributed by atoms with Crippen LogP contribution in [0.25, 0.3) is 6.08 Å². The van der Waals surface area contributed by atoms with Gasteiger partial charge >= 0.3 is 0 Å². The van der Waals surface area contributed by atoms with Crippen molar-refractivity contribution in [3.05, 3.63) is 89.5 Å². The van der Waals surface area contributed by atoms with Crippen molar-refractivity contribution in [3.63, 3.8) is 0 Å². The first-order chi connectivity index (χ1) is 17.3. The van der Waals surface area contributed by atoms with Crippen molar-refractivity contribution in [1.82, 2.24) is 0 Å². The van der Waals surface area contributed by atoms with Crippen LogP contribution in [0.4, 0.5) is 11.4 Å². The van der Waals surface area contributed by atoms with Crippen LogP contribution in [-0.2, 0) is 9.59 Å². The second-order valence-electron chi connectivity index (χ2n) is 9.24. The van der Waals surface area contributed by atoms with Crippen molar-refractivity contribution in [2.75, 3.05) is 23.4 Å². The maximum atomic E-state index is 12.8. The third kappa shape index (κ3) is 6.13. The summed E-state index contributed by atoms with van der Waals surface area (Å²) in [5.74, 6) is 1.40. The van der Waals surface area contributed by atoms with Gasteiger partial charge in [-0.2, -0.15) is 0 Å². The normalized spacial score (nSPS) is 15.1. The Kier molecular flexibility index (Phi) is 7.74. The van der Waals surface area contributed by atoms with E-state index in [1.165, 1.54) is 11.6 Å². The van der Waals surface area contributed by atoms with Gasteiger partial charge in [0.15, 0.2) is 6.10 Å². The smallest absolute Gasteiger partial charge is 0.267 e. The van der Waals surface area contributed by atoms with E-state index in [4.69, 9.17) is 9.47 Å². The van der Waals surface area contributed by atoms with Crippen LogP contribution in [0.1, 0.15) is 43.4 Å². The average molecular weight is 485 g/mol. The fraction of sp³-hybridized carbons (Fsp3) is 0.267. The molecule has 0 aromatic heterocycles. The van der Waals surface area contributed by atoms with Crippen LogP contribution in [0.2, 0.25) is 0 Å². The molecule has 0 radical (unpaired) electrons. The number of carbonyl (C=O) groups excluding carboxylic acids is 2. The Balaban J connectivity index is 1.40. The molecule has 2 amide bonds. The topological polar surface area (TPSA) is 67.9 Å². The highest BCUT2D eigenvalue weighted by Crippen LogP contribution is 2.36. The zero-order valence-electron chi connectivity index (χ0n) is 21.2. The summed E-state index contributed by atoms with van der Waals surface area (Å²) >= 11 is 0. The highest BCUT2D eigenvalue weighted by atomic mass is 16.5. The monoisotopic (exact) mass is 484 g/mol. The Morgan fingerprint density at radius 3 is 2.50 bits per heavy atom. The standard InChI is InChI=1S/C30H32N2O4/c1-20(2)24-10-7-23(8-11-24)9-16-29(33)31-25-12-15-27-28(19-25)36-22(4)30(34)32(27)17-18-35-26-13-5-21(3)6-14-26/h5-16,19-20,22H,17-18H2,1-4H3,(H,31,33)/b16-9+. The van der Waals surface area contributed by atoms with Gasteiger partial charge in [0.2, 0.25) is 5.91 Å². The molecule has 1 heterocycles. The second kappa shape index (κ2) is 11.1. The average Bonchev–Trinajstić information content (AvgIpc) is 2.86. The third-order valence-electron chi connectivity index (χ3n) is 6.07. The summed E-state index contributed by atoms with van der Waals surface area (Å²) in [5.41, 5.74) is 4.63. The molecule has 0 fully saturated rings. The molecule has 1 aliphatic rings. The Hall–Kier alpha value is -4.06. The summed E-state index contributed by atoms with van der Waals surface area (Å²) in [5, 5.41) is 2.87. The first-order valence-corrected chi connectivity index (χ1v) is 12.2. The molecule has 1 atom stereocenters. The lowest BCUT2D eigenvalue weighted by Gasteiger charge is -2.33. The van der Waals surface area contributed by atoms with E-state index in [1.807, 2.05) is 43.3 Å². The minimum atomic E-state index is -0.628. The predicted octanol–water partition coefficient (Wildman–Crippen LogP) is 5.96. The molecule has 0 bridgehead atoms. The Bertz CT molecular complexity index is 1250. The van der Waals surface area contributed by atoms with E-state index < -0.39 is 6.10 Å². The van der Waals surface area contributed by atoms with Crippen molar-refractivity contribution in [3.8, 4) is 11.5 Å². The molecule has 3 aromatic rings. The van der Waals surface area contributed by atoms with Gasteiger partial charge in [-0.05, 0) is 61.2 Å². The number of hydrogen-bond donors (Lipinski definition) is 1. The van der Waals surface area contributed by atoms with E-state index in [-0.39, 0.29) is 11.8 Å². The van der Waals surface area contributed by atoms with Gasteiger partial charge in [0, 0.05) is 17.8 Å². The van der Waals surface area contributed by atoms with E-state index in [0.717, 1.165) is 16.9 Å². The number of anilines is 2. The number of amides is 2. The summed E-state index contributed by atoms with van der Waals surface area (Å²) in [6, 6.07) is 21.2. The van der Waals surface area contributed by atoms with Gasteiger partial charge in [-0.15, -0.1) is 0 Å². The molecular formula is C30H32N2O4. The van der Waals surface area contributed by atoms with Crippen molar-refractivity contribution >= 4 is 29.3 Å². The maximum absolute atomic E-state index is 12.8. The van der Waals surface area contributed by atoms with Crippen molar-refractivity contribution in [2.24, 2.45) is 0 Å². The van der Waals surface area contributed by atoms with Crippen LogP contribution in [0.15, 0.2) is 72.8 Å². The molecule has 0 aliphatic carbocycles. The number of fused-ring (bicyclic) bond motifs is 1. The fourth-order valence-corrected chi connectivity index (χ4v) is 3.96. The minimum Gasteiger partial charge on any atom is -0.492 e. The molecule has 1 aliphatic heterocycles. The molecule has 0 saturated heterocycles. The Morgan fingerprint density at radius 1 is 1.08 bits per heavy atom. The Labute approximate surface area is 212 Å². The number of rotatable bonds is 8. The van der Waals surface area contributed by atoms with Crippen LogP contribution in [0, 0.1) is 6.92 Å². The van der Waals surface area contributed by atoms with E-state index >= 15 is 0 Å². The summed E-state index contributed by atoms with van der Waals surface area (Å²) in [4.78, 5) is 26.9. The molecule has 6 nitrogen and oxygen atoms in total. The maximum Gasteiger partial charge on any atom is 0.267 e. The van der Waals surface area contributed by atoms with Gasteiger partial charge in [0.25, 0.3) is 5.91 Å². The summed E-state index contributed by atoms with van der Waals surface area (Å²) in [7, 11) is 0. The number of aryl methyl sites for hydroxylation is 1. The molecule has 3 aromatic carbocycles. The van der Waals surface area contributed by atoms with E-state index in [9.17, 15) is 9.59 Å². The molecule has 0 spiro atoms. The molecule has 186 valence electrons. The lowest BCUT2D eigenvalue weighted by molar-refractivity contribution is -0.125. The number of nitrogens with one attached hydrogen (secondary N) is 1. The summed E-state index contributed by atoms with van der Waals surface area (Å²) in [6.45, 7) is 8.77. The number of hydrogen-bond acceptors (Lipinski definition) is 4. The molecule has 4 rings (SSSR count). The van der Waals surface area contributed by atoms with E-state index in [1.54, 1.807) is 36.1 Å². The Morgan fingerprint density at radius 2 is 1.81 bits per heavy atom. The summed E-state index contributed by atoms with van der Waals surface area (Å²) in [6.07, 6.45) is 2.66. The molecule has 36 heavy (non-hydrogen) atoms. The van der Waals surface area contributed by atoms with Gasteiger partial charge in [-0.1, -0.05) is 55.8 Å². The van der Waals surface area contributed by atoms with Gasteiger partial charge in [0.1, 0.15) is 18.1 Å². The molecular weight excluding hydrogens is 452 g/mol. The largest absolute Gasteiger partial charge is 0.492 e. The van der Waals surface area contributed by atoms with Gasteiger partial charge in [-0.25, -0.2) is 0 Å². The lowest BCUT2D eigenvalue weighted by Crippen LogP contribution is -2.46. The van der Waals surface area contributed by atoms with Crippen LogP contribution in [0.3, 0.4) is 0 Å². The van der Waals surface area contributed by atoms with Gasteiger partial charge < -0.3 is 19.7 Å². The van der Waals surface area contributed by atoms with Crippen LogP contribution in [0.5, 0.6) is 11.5 Å². The number of nitrogens with zero attached hydrogens (tertiary/aromatic N) is 1. The number of ether oxygens (including phenoxy) is 2. The third-order valence-corrected chi connectivity index (χ3v) is 6.07. The summed E-state index contributed by atoms with van der Waals surface area (Å²) < 4.78 is 11.7. The van der Waals surface area contributed by atoms with Crippen LogP contribution >= 0.6 is 0 Å². The van der Waals surface area contributed by atoms with Gasteiger partial charge in [-0.3, -0.25) is 9.59 Å². The van der Waals surface area contributed by atoms with Crippen molar-refractivity contribution < 1.29 is 19.1 Å². The predicted molar refractivity (Wildman–Crippen MR) is 144 cm³/mol. The highest BCUT2D eigenvalue weighted by molar-refractivity contribution is 6.03. The second-order valence-corrected chi connectivity index (χ2v) is 9.24. The van der Waals surface area contributed by atoms with Crippen LogP contribution in [-0.4, -0.2) is 31.1 Å².